The van der Waals surface area contributed by atoms with E-state index in [0.29, 0.717) is 47.8 Å². The van der Waals surface area contributed by atoms with Gasteiger partial charge in [-0.15, -0.1) is 0 Å². The summed E-state index contributed by atoms with van der Waals surface area (Å²) in [4.78, 5) is 37.5. The van der Waals surface area contributed by atoms with Crippen LogP contribution in [0.3, 0.4) is 0 Å². The lowest BCUT2D eigenvalue weighted by atomic mass is 9.74. The number of amides is 1. The zero-order valence-corrected chi connectivity index (χ0v) is 25.7. The molecule has 0 saturated heterocycles. The number of hydrogen-bond acceptors (Lipinski definition) is 11. The Labute approximate surface area is 259 Å². The minimum Gasteiger partial charge on any atom is -0.494 e. The largest absolute Gasteiger partial charge is 0.494 e. The van der Waals surface area contributed by atoms with Crippen LogP contribution in [0.2, 0.25) is 5.02 Å². The zero-order valence-electron chi connectivity index (χ0n) is 24.9. The van der Waals surface area contributed by atoms with E-state index in [1.807, 2.05) is 32.1 Å². The van der Waals surface area contributed by atoms with Crippen molar-refractivity contribution in [2.75, 3.05) is 62.2 Å². The van der Waals surface area contributed by atoms with Crippen LogP contribution in [0.15, 0.2) is 43.2 Å². The highest BCUT2D eigenvalue weighted by atomic mass is 35.5. The minimum absolute atomic E-state index is 0.0962. The normalized spacial score (nSPS) is 13.1. The number of ether oxygens (including phenoxy) is 1. The molecule has 5 N–H and O–H groups in total. The molecule has 0 atom stereocenters. The van der Waals surface area contributed by atoms with Gasteiger partial charge in [-0.3, -0.25) is 9.59 Å². The van der Waals surface area contributed by atoms with Gasteiger partial charge >= 0.3 is 0 Å². The maximum absolute atomic E-state index is 14.3. The number of aliphatic hydroxyl groups is 1. The number of halogens is 2. The number of likely N-dealkylation sites (N-methyl/N-ethyl adjacent to an activating group) is 2. The molecule has 15 heteroatoms. The van der Waals surface area contributed by atoms with Crippen LogP contribution >= 0.6 is 11.6 Å². The third kappa shape index (κ3) is 8.52. The monoisotopic (exact) mass is 630 g/mol. The number of hydrogen-bond donors (Lipinski definition) is 5. The average molecular weight is 631 g/mol. The van der Waals surface area contributed by atoms with Gasteiger partial charge in [0.1, 0.15) is 17.9 Å². The molecule has 3 aromatic rings. The van der Waals surface area contributed by atoms with Crippen LogP contribution in [-0.2, 0) is 15.2 Å². The number of carbonyl (C=O) groups excluding carboxylic acids is 1. The molecule has 1 saturated carbocycles. The van der Waals surface area contributed by atoms with Gasteiger partial charge in [-0.2, -0.15) is 4.98 Å². The Bertz CT molecular complexity index is 1490. The lowest BCUT2D eigenvalue weighted by Gasteiger charge is -2.38. The molecule has 0 spiro atoms. The molecule has 4 rings (SSSR count). The number of anilines is 6. The van der Waals surface area contributed by atoms with E-state index in [0.717, 1.165) is 18.7 Å². The van der Waals surface area contributed by atoms with Gasteiger partial charge < -0.3 is 40.7 Å². The molecule has 1 aliphatic carbocycles. The van der Waals surface area contributed by atoms with Crippen molar-refractivity contribution in [3.8, 4) is 5.75 Å². The summed E-state index contributed by atoms with van der Waals surface area (Å²) in [6.45, 7) is 4.80. The quantitative estimate of drug-likeness (QED) is 0.142. The number of methoxy groups -OCH3 is 1. The number of rotatable bonds is 12. The lowest BCUT2D eigenvalue weighted by molar-refractivity contribution is -0.122. The molecular weight excluding hydrogens is 595 g/mol. The van der Waals surface area contributed by atoms with E-state index in [1.165, 1.54) is 31.6 Å². The molecule has 13 nitrogen and oxygen atoms in total. The highest BCUT2D eigenvalue weighted by Crippen LogP contribution is 2.45. The van der Waals surface area contributed by atoms with E-state index in [9.17, 15) is 14.3 Å². The summed E-state index contributed by atoms with van der Waals surface area (Å²) in [6, 6.07) is 6.18. The lowest BCUT2D eigenvalue weighted by Crippen LogP contribution is -2.34. The Hall–Kier alpha value is -4.53. The van der Waals surface area contributed by atoms with Crippen LogP contribution in [0.1, 0.15) is 24.8 Å². The number of carbonyl (C=O) groups is 2. The number of benzene rings is 2. The average Bonchev–Trinajstić information content (AvgIpc) is 2.97. The number of nitrogens with zero attached hydrogens (tertiary/aromatic N) is 5. The van der Waals surface area contributed by atoms with Gasteiger partial charge in [0.25, 0.3) is 6.47 Å². The molecule has 0 bridgehead atoms. The summed E-state index contributed by atoms with van der Waals surface area (Å²) in [5.74, 6) is -0.172. The maximum atomic E-state index is 14.3. The van der Waals surface area contributed by atoms with Crippen LogP contribution in [0, 0.1) is 5.82 Å². The second-order valence-electron chi connectivity index (χ2n) is 10.2. The molecule has 0 aliphatic heterocycles. The summed E-state index contributed by atoms with van der Waals surface area (Å²) < 4.78 is 19.9. The second kappa shape index (κ2) is 15.3. The first kappa shape index (κ1) is 34.0. The number of aromatic nitrogens is 3. The van der Waals surface area contributed by atoms with Crippen LogP contribution in [-0.4, -0.2) is 83.8 Å². The van der Waals surface area contributed by atoms with Crippen LogP contribution < -0.4 is 25.6 Å². The Morgan fingerprint density at radius 3 is 2.30 bits per heavy atom. The van der Waals surface area contributed by atoms with E-state index in [4.69, 9.17) is 26.2 Å². The van der Waals surface area contributed by atoms with Crippen LogP contribution in [0.25, 0.3) is 0 Å². The zero-order chi connectivity index (χ0) is 32.4. The van der Waals surface area contributed by atoms with Gasteiger partial charge in [0.2, 0.25) is 17.8 Å². The predicted molar refractivity (Wildman–Crippen MR) is 168 cm³/mol. The molecule has 44 heavy (non-hydrogen) atoms. The fourth-order valence-corrected chi connectivity index (χ4v) is 4.54. The Kier molecular flexibility index (Phi) is 11.8. The molecule has 1 aromatic heterocycles. The molecule has 1 aliphatic rings. The SMILES string of the molecule is C=CC(=O)Nc1cc(Nc2ncnc(Nc3cc(Cl)c(F)cc3C3(O)CCC3)n2)c(OC)cc1N(C)CCN(C)C.O=CO. The summed E-state index contributed by atoms with van der Waals surface area (Å²) >= 11 is 6.05. The molecule has 1 amide bonds. The topological polar surface area (TPSA) is 165 Å². The third-order valence-electron chi connectivity index (χ3n) is 6.86. The van der Waals surface area contributed by atoms with Crippen molar-refractivity contribution in [3.63, 3.8) is 0 Å². The van der Waals surface area contributed by atoms with Gasteiger partial charge in [-0.1, -0.05) is 18.2 Å². The van der Waals surface area contributed by atoms with Crippen molar-refractivity contribution in [2.24, 2.45) is 0 Å². The van der Waals surface area contributed by atoms with Crippen molar-refractivity contribution >= 4 is 58.6 Å². The Morgan fingerprint density at radius 1 is 1.11 bits per heavy atom. The number of nitrogens with one attached hydrogen (secondary N) is 3. The van der Waals surface area contributed by atoms with E-state index in [1.54, 1.807) is 6.07 Å². The van der Waals surface area contributed by atoms with Gasteiger partial charge in [-0.25, -0.2) is 14.4 Å². The highest BCUT2D eigenvalue weighted by molar-refractivity contribution is 6.31. The van der Waals surface area contributed by atoms with E-state index >= 15 is 0 Å². The molecule has 1 fully saturated rings. The maximum Gasteiger partial charge on any atom is 0.290 e. The van der Waals surface area contributed by atoms with Crippen LogP contribution in [0.5, 0.6) is 5.75 Å². The standard InChI is InChI=1S/C28H34ClFN8O3.CH2O2/c1-6-25(39)33-21-14-22(24(41-5)15-23(21)38(4)11-10-37(2)3)35-27-32-16-31-26(36-27)34-20-13-18(29)19(30)12-17(20)28(40)8-7-9-28;2-1-3/h6,12-16,40H,1,7-11H2,2-5H3,(H,33,39)(H2,31,32,34,35,36);1H,(H,2,3). The summed E-state index contributed by atoms with van der Waals surface area (Å²) in [6.07, 6.45) is 4.36. The third-order valence-corrected chi connectivity index (χ3v) is 7.15. The van der Waals surface area contributed by atoms with Crippen LogP contribution in [0.4, 0.5) is 39.0 Å². The first-order valence-corrected chi connectivity index (χ1v) is 13.9. The molecule has 2 aromatic carbocycles. The van der Waals surface area contributed by atoms with Gasteiger partial charge in [0.05, 0.1) is 34.8 Å². The highest BCUT2D eigenvalue weighted by Gasteiger charge is 2.39. The Morgan fingerprint density at radius 2 is 1.75 bits per heavy atom. The first-order valence-electron chi connectivity index (χ1n) is 13.5. The first-order chi connectivity index (χ1) is 20.9. The predicted octanol–water partition coefficient (Wildman–Crippen LogP) is 4.35. The molecular formula is C29H36ClFN8O5. The van der Waals surface area contributed by atoms with Gasteiger partial charge in [0, 0.05) is 37.5 Å². The summed E-state index contributed by atoms with van der Waals surface area (Å²) in [7, 11) is 7.44. The Balaban J connectivity index is 0.00000169. The van der Waals surface area contributed by atoms with Gasteiger partial charge in [-0.05, 0) is 57.6 Å². The fraction of sp³-hybridized carbons (Fsp3) is 0.345. The van der Waals surface area contributed by atoms with Crippen molar-refractivity contribution < 1.29 is 28.9 Å². The molecule has 0 unspecified atom stereocenters. The smallest absolute Gasteiger partial charge is 0.290 e. The fourth-order valence-electron chi connectivity index (χ4n) is 4.38. The van der Waals surface area contributed by atoms with Crippen molar-refractivity contribution in [1.29, 1.82) is 0 Å². The van der Waals surface area contributed by atoms with Crippen molar-refractivity contribution in [1.82, 2.24) is 19.9 Å². The molecule has 0 radical (unpaired) electrons. The summed E-state index contributed by atoms with van der Waals surface area (Å²) in [5.41, 5.74) is 1.40. The number of carboxylic acid groups (broad SMARTS) is 1. The van der Waals surface area contributed by atoms with E-state index < -0.39 is 11.4 Å². The van der Waals surface area contributed by atoms with Gasteiger partial charge in [0.15, 0.2) is 0 Å². The molecule has 1 heterocycles. The minimum atomic E-state index is -1.15. The van der Waals surface area contributed by atoms with E-state index in [2.05, 4.69) is 42.4 Å². The van der Waals surface area contributed by atoms with Crippen molar-refractivity contribution in [2.45, 2.75) is 24.9 Å². The van der Waals surface area contributed by atoms with E-state index in [-0.39, 0.29) is 29.3 Å². The second-order valence-corrected chi connectivity index (χ2v) is 10.6. The summed E-state index contributed by atoms with van der Waals surface area (Å²) in [5, 5.41) is 26.7. The molecule has 236 valence electrons. The van der Waals surface area contributed by atoms with Crippen molar-refractivity contribution in [3.05, 3.63) is 59.7 Å².